The molecule has 0 aliphatic carbocycles. The number of hydrogen-bond donors (Lipinski definition) is 1. The van der Waals surface area contributed by atoms with E-state index in [9.17, 15) is 0 Å². The van der Waals surface area contributed by atoms with Gasteiger partial charge >= 0.3 is 0 Å². The molecule has 0 saturated carbocycles. The maximum absolute atomic E-state index is 6.08. The lowest BCUT2D eigenvalue weighted by Gasteiger charge is -2.10. The molecule has 2 nitrogen and oxygen atoms in total. The topological polar surface area (TPSA) is 21.3 Å². The average molecular weight is 214 g/mol. The molecule has 0 saturated heterocycles. The Kier molecular flexibility index (Phi) is 4.77. The summed E-state index contributed by atoms with van der Waals surface area (Å²) >= 11 is 6.08. The third kappa shape index (κ3) is 2.89. The average Bonchev–Trinajstić information content (AvgIpc) is 2.20. The Morgan fingerprint density at radius 3 is 2.86 bits per heavy atom. The highest BCUT2D eigenvalue weighted by Gasteiger charge is 2.06. The monoisotopic (exact) mass is 213 g/mol. The van der Waals surface area contributed by atoms with Crippen LogP contribution in [0.5, 0.6) is 5.75 Å². The van der Waals surface area contributed by atoms with Crippen LogP contribution in [-0.2, 0) is 6.42 Å². The van der Waals surface area contributed by atoms with Crippen molar-refractivity contribution in [2.75, 3.05) is 20.2 Å². The molecule has 0 aliphatic rings. The third-order valence-corrected chi connectivity index (χ3v) is 2.45. The number of likely N-dealkylation sites (N-methyl/N-ethyl adjacent to an activating group) is 1. The van der Waals surface area contributed by atoms with Crippen LogP contribution in [0.4, 0.5) is 0 Å². The van der Waals surface area contributed by atoms with Crippen LogP contribution < -0.4 is 10.1 Å². The third-order valence-electron chi connectivity index (χ3n) is 2.10. The summed E-state index contributed by atoms with van der Waals surface area (Å²) in [5, 5.41) is 4.04. The summed E-state index contributed by atoms with van der Waals surface area (Å²) in [6.45, 7) is 3.99. The van der Waals surface area contributed by atoms with Crippen molar-refractivity contribution in [2.24, 2.45) is 0 Å². The zero-order valence-electron chi connectivity index (χ0n) is 8.64. The number of rotatable bonds is 5. The number of nitrogens with one attached hydrogen (secondary N) is 1. The van der Waals surface area contributed by atoms with Gasteiger partial charge in [0.1, 0.15) is 5.75 Å². The minimum Gasteiger partial charge on any atom is -0.496 e. The normalized spacial score (nSPS) is 10.2. The number of hydrogen-bond acceptors (Lipinski definition) is 2. The van der Waals surface area contributed by atoms with Gasteiger partial charge in [-0.05, 0) is 31.6 Å². The summed E-state index contributed by atoms with van der Waals surface area (Å²) in [5.41, 5.74) is 1.08. The molecule has 0 radical (unpaired) electrons. The van der Waals surface area contributed by atoms with Crippen molar-refractivity contribution in [3.63, 3.8) is 0 Å². The maximum Gasteiger partial charge on any atom is 0.123 e. The highest BCUT2D eigenvalue weighted by atomic mass is 35.5. The molecule has 1 aromatic rings. The van der Waals surface area contributed by atoms with Gasteiger partial charge in [-0.1, -0.05) is 24.6 Å². The van der Waals surface area contributed by atoms with Crippen molar-refractivity contribution in [3.05, 3.63) is 28.8 Å². The molecule has 0 unspecified atom stereocenters. The minimum absolute atomic E-state index is 0.780. The van der Waals surface area contributed by atoms with Crippen LogP contribution in [0.1, 0.15) is 12.5 Å². The zero-order valence-corrected chi connectivity index (χ0v) is 9.40. The van der Waals surface area contributed by atoms with E-state index in [1.807, 2.05) is 18.2 Å². The van der Waals surface area contributed by atoms with Crippen molar-refractivity contribution in [1.82, 2.24) is 5.32 Å². The van der Waals surface area contributed by atoms with Crippen LogP contribution in [0, 0.1) is 0 Å². The highest BCUT2D eigenvalue weighted by Crippen LogP contribution is 2.26. The van der Waals surface area contributed by atoms with E-state index in [0.29, 0.717) is 0 Å². The van der Waals surface area contributed by atoms with E-state index in [1.54, 1.807) is 7.11 Å². The van der Waals surface area contributed by atoms with Crippen LogP contribution in [0.3, 0.4) is 0 Å². The molecule has 0 aliphatic heterocycles. The molecule has 1 rings (SSSR count). The summed E-state index contributed by atoms with van der Waals surface area (Å²) in [5.74, 6) is 0.871. The number of benzene rings is 1. The van der Waals surface area contributed by atoms with Gasteiger partial charge in [0.15, 0.2) is 0 Å². The van der Waals surface area contributed by atoms with Crippen molar-refractivity contribution < 1.29 is 4.74 Å². The zero-order chi connectivity index (χ0) is 10.4. The summed E-state index contributed by atoms with van der Waals surface area (Å²) in [6, 6.07) is 5.73. The van der Waals surface area contributed by atoms with Gasteiger partial charge < -0.3 is 10.1 Å². The largest absolute Gasteiger partial charge is 0.496 e. The van der Waals surface area contributed by atoms with Gasteiger partial charge in [-0.3, -0.25) is 0 Å². The molecule has 1 aromatic carbocycles. The van der Waals surface area contributed by atoms with Gasteiger partial charge in [-0.25, -0.2) is 0 Å². The second-order valence-corrected chi connectivity index (χ2v) is 3.43. The summed E-state index contributed by atoms with van der Waals surface area (Å²) in [6.07, 6.45) is 0.899. The lowest BCUT2D eigenvalue weighted by Crippen LogP contribution is -2.16. The van der Waals surface area contributed by atoms with Crippen molar-refractivity contribution in [2.45, 2.75) is 13.3 Å². The van der Waals surface area contributed by atoms with Crippen LogP contribution in [0.25, 0.3) is 0 Å². The van der Waals surface area contributed by atoms with E-state index >= 15 is 0 Å². The molecule has 14 heavy (non-hydrogen) atoms. The maximum atomic E-state index is 6.08. The Balaban J connectivity index is 2.72. The van der Waals surface area contributed by atoms with E-state index in [4.69, 9.17) is 16.3 Å². The first kappa shape index (κ1) is 11.3. The van der Waals surface area contributed by atoms with Gasteiger partial charge in [0, 0.05) is 10.6 Å². The molecule has 0 aromatic heterocycles. The van der Waals surface area contributed by atoms with Crippen LogP contribution in [0.2, 0.25) is 5.02 Å². The molecule has 0 amide bonds. The quantitative estimate of drug-likeness (QED) is 0.759. The second kappa shape index (κ2) is 5.89. The first-order chi connectivity index (χ1) is 6.79. The predicted octanol–water partition coefficient (Wildman–Crippen LogP) is 2.50. The van der Waals surface area contributed by atoms with Gasteiger partial charge in [-0.15, -0.1) is 0 Å². The van der Waals surface area contributed by atoms with Gasteiger partial charge in [0.25, 0.3) is 0 Å². The smallest absolute Gasteiger partial charge is 0.123 e. The Hall–Kier alpha value is -0.730. The highest BCUT2D eigenvalue weighted by molar-refractivity contribution is 6.31. The molecule has 0 bridgehead atoms. The fraction of sp³-hybridized carbons (Fsp3) is 0.455. The molecule has 1 N–H and O–H groups in total. The minimum atomic E-state index is 0.780. The van der Waals surface area contributed by atoms with Gasteiger partial charge in [0.05, 0.1) is 7.11 Å². The Bertz CT molecular complexity index is 289. The molecular weight excluding hydrogens is 198 g/mol. The molecule has 0 heterocycles. The second-order valence-electron chi connectivity index (χ2n) is 3.02. The SMILES string of the molecule is CCNCCc1c(Cl)cccc1OC. The number of halogens is 1. The van der Waals surface area contributed by atoms with Crippen LogP contribution in [0.15, 0.2) is 18.2 Å². The Labute approximate surface area is 90.2 Å². The number of ether oxygens (including phenoxy) is 1. The number of methoxy groups -OCH3 is 1. The first-order valence-electron chi connectivity index (χ1n) is 4.81. The fourth-order valence-electron chi connectivity index (χ4n) is 1.36. The van der Waals surface area contributed by atoms with E-state index in [-0.39, 0.29) is 0 Å². The lowest BCUT2D eigenvalue weighted by molar-refractivity contribution is 0.409. The van der Waals surface area contributed by atoms with Crippen LogP contribution in [-0.4, -0.2) is 20.2 Å². The summed E-state index contributed by atoms with van der Waals surface area (Å²) < 4.78 is 5.24. The summed E-state index contributed by atoms with van der Waals surface area (Å²) in [4.78, 5) is 0. The Morgan fingerprint density at radius 2 is 2.21 bits per heavy atom. The molecule has 78 valence electrons. The van der Waals surface area contributed by atoms with E-state index < -0.39 is 0 Å². The van der Waals surface area contributed by atoms with E-state index in [2.05, 4.69) is 12.2 Å². The Morgan fingerprint density at radius 1 is 1.43 bits per heavy atom. The standard InChI is InChI=1S/C11H16ClNO/c1-3-13-8-7-9-10(12)5-4-6-11(9)14-2/h4-6,13H,3,7-8H2,1-2H3. The van der Waals surface area contributed by atoms with Crippen LogP contribution >= 0.6 is 11.6 Å². The molecular formula is C11H16ClNO. The fourth-order valence-corrected chi connectivity index (χ4v) is 1.62. The lowest BCUT2D eigenvalue weighted by atomic mass is 10.1. The van der Waals surface area contributed by atoms with Gasteiger partial charge in [-0.2, -0.15) is 0 Å². The molecule has 0 fully saturated rings. The summed E-state index contributed by atoms with van der Waals surface area (Å²) in [7, 11) is 1.67. The van der Waals surface area contributed by atoms with Crippen molar-refractivity contribution in [3.8, 4) is 5.75 Å². The predicted molar refractivity (Wildman–Crippen MR) is 60.3 cm³/mol. The molecule has 3 heteroatoms. The van der Waals surface area contributed by atoms with E-state index in [0.717, 1.165) is 35.8 Å². The molecule has 0 spiro atoms. The molecule has 0 atom stereocenters. The first-order valence-corrected chi connectivity index (χ1v) is 5.19. The van der Waals surface area contributed by atoms with Crippen molar-refractivity contribution >= 4 is 11.6 Å². The van der Waals surface area contributed by atoms with Crippen molar-refractivity contribution in [1.29, 1.82) is 0 Å². The van der Waals surface area contributed by atoms with Gasteiger partial charge in [0.2, 0.25) is 0 Å². The van der Waals surface area contributed by atoms with E-state index in [1.165, 1.54) is 0 Å².